The minimum Gasteiger partial charge on any atom is -0.465 e. The second kappa shape index (κ2) is 7.05. The molecular weight excluding hydrogens is 420 g/mol. The van der Waals surface area contributed by atoms with Gasteiger partial charge in [-0.25, -0.2) is 4.98 Å². The smallest absolute Gasteiger partial charge is 0.325 e. The molecule has 6 rings (SSSR count). The number of nitrogens with zero attached hydrogens (tertiary/aromatic N) is 3. The maximum absolute atomic E-state index is 13.1. The lowest BCUT2D eigenvalue weighted by Crippen LogP contribution is -2.33. The van der Waals surface area contributed by atoms with Crippen molar-refractivity contribution in [3.05, 3.63) is 30.1 Å². The molecule has 4 aliphatic rings. The van der Waals surface area contributed by atoms with E-state index in [1.165, 1.54) is 37.0 Å². The van der Waals surface area contributed by atoms with Gasteiger partial charge in [-0.3, -0.25) is 18.8 Å². The number of carbonyl (C=O) groups excluding carboxylic acids is 3. The molecular formula is C25H30N4O4. The summed E-state index contributed by atoms with van der Waals surface area (Å²) >= 11 is 0. The lowest BCUT2D eigenvalue weighted by Gasteiger charge is -2.35. The van der Waals surface area contributed by atoms with Crippen molar-refractivity contribution >= 4 is 29.2 Å². The van der Waals surface area contributed by atoms with Crippen LogP contribution >= 0.6 is 0 Å². The van der Waals surface area contributed by atoms with Crippen molar-refractivity contribution in [3.63, 3.8) is 0 Å². The van der Waals surface area contributed by atoms with Crippen LogP contribution in [0.3, 0.4) is 0 Å². The summed E-state index contributed by atoms with van der Waals surface area (Å²) in [6.45, 7) is 1.85. The summed E-state index contributed by atoms with van der Waals surface area (Å²) in [5.74, 6) is 2.48. The van der Waals surface area contributed by atoms with E-state index in [0.29, 0.717) is 23.3 Å². The number of rotatable bonds is 7. The standard InChI is InChI=1S/C25H30N4O4/c1-3-33-22(31)13-28(2)23(32)18-12-29-19(26-18)5-4-6-20(29)27-21(30)11-24-8-15-7-17(15)25(14-24)10-16(25)9-24/h4-6,12,15-17H,3,7-11,13-14H2,1-2H3,(H,27,30). The third kappa shape index (κ3) is 3.33. The second-order valence-electron chi connectivity index (χ2n) is 10.8. The molecule has 5 unspecified atom stereocenters. The molecule has 2 amide bonds. The first kappa shape index (κ1) is 20.7. The van der Waals surface area contributed by atoms with Crippen LogP contribution in [0.15, 0.2) is 24.4 Å². The summed E-state index contributed by atoms with van der Waals surface area (Å²) < 4.78 is 6.64. The number of anilines is 1. The van der Waals surface area contributed by atoms with Crippen molar-refractivity contribution in [3.8, 4) is 0 Å². The Morgan fingerprint density at radius 3 is 2.94 bits per heavy atom. The third-order valence-corrected chi connectivity index (χ3v) is 8.55. The number of ether oxygens (including phenoxy) is 1. The van der Waals surface area contributed by atoms with Crippen molar-refractivity contribution in [2.75, 3.05) is 25.5 Å². The third-order valence-electron chi connectivity index (χ3n) is 8.55. The van der Waals surface area contributed by atoms with Crippen molar-refractivity contribution < 1.29 is 19.1 Å². The number of likely N-dealkylation sites (N-methyl/N-ethyl adjacent to an activating group) is 1. The molecule has 4 saturated carbocycles. The van der Waals surface area contributed by atoms with Gasteiger partial charge in [0.2, 0.25) is 5.91 Å². The van der Waals surface area contributed by atoms with Crippen LogP contribution in [0, 0.1) is 28.6 Å². The Hall–Kier alpha value is -2.90. The summed E-state index contributed by atoms with van der Waals surface area (Å²) in [5.41, 5.74) is 1.56. The number of nitrogens with one attached hydrogen (secondary N) is 1. The van der Waals surface area contributed by atoms with Crippen LogP contribution in [0.2, 0.25) is 0 Å². The molecule has 0 aromatic carbocycles. The number of hydrogen-bond donors (Lipinski definition) is 1. The number of imidazole rings is 1. The fourth-order valence-electron chi connectivity index (χ4n) is 7.28. The Labute approximate surface area is 192 Å². The molecule has 8 nitrogen and oxygen atoms in total. The first-order chi connectivity index (χ1) is 15.8. The molecule has 0 radical (unpaired) electrons. The molecule has 1 N–H and O–H groups in total. The summed E-state index contributed by atoms with van der Waals surface area (Å²) in [7, 11) is 1.54. The number of aromatic nitrogens is 2. The second-order valence-corrected chi connectivity index (χ2v) is 10.8. The van der Waals surface area contributed by atoms with Gasteiger partial charge in [0.25, 0.3) is 5.91 Å². The Morgan fingerprint density at radius 1 is 1.27 bits per heavy atom. The molecule has 174 valence electrons. The van der Waals surface area contributed by atoms with Crippen molar-refractivity contribution in [2.45, 2.75) is 45.4 Å². The largest absolute Gasteiger partial charge is 0.465 e. The number of pyridine rings is 1. The molecule has 0 saturated heterocycles. The first-order valence-electron chi connectivity index (χ1n) is 12.0. The molecule has 1 spiro atoms. The molecule has 5 atom stereocenters. The zero-order valence-corrected chi connectivity index (χ0v) is 19.2. The minimum atomic E-state index is -0.462. The van der Waals surface area contributed by atoms with E-state index in [0.717, 1.165) is 17.8 Å². The van der Waals surface area contributed by atoms with Gasteiger partial charge >= 0.3 is 5.97 Å². The molecule has 2 heterocycles. The maximum atomic E-state index is 13.1. The monoisotopic (exact) mass is 450 g/mol. The fraction of sp³-hybridized carbons (Fsp3) is 0.600. The van der Waals surface area contributed by atoms with Crippen molar-refractivity contribution in [1.29, 1.82) is 0 Å². The Kier molecular flexibility index (Phi) is 4.42. The van der Waals surface area contributed by atoms with Crippen LogP contribution in [-0.4, -0.2) is 52.3 Å². The summed E-state index contributed by atoms with van der Waals surface area (Å²) in [6, 6.07) is 5.44. The fourth-order valence-corrected chi connectivity index (χ4v) is 7.28. The van der Waals surface area contributed by atoms with E-state index in [9.17, 15) is 14.4 Å². The highest BCUT2D eigenvalue weighted by atomic mass is 16.5. The van der Waals surface area contributed by atoms with Gasteiger partial charge in [0.1, 0.15) is 23.7 Å². The predicted molar refractivity (Wildman–Crippen MR) is 120 cm³/mol. The highest BCUT2D eigenvalue weighted by molar-refractivity contribution is 5.95. The molecule has 33 heavy (non-hydrogen) atoms. The van der Waals surface area contributed by atoms with Gasteiger partial charge in [0.05, 0.1) is 6.61 Å². The Bertz CT molecular complexity index is 1170. The number of amides is 2. The number of carbonyl (C=O) groups is 3. The SMILES string of the molecule is CCOC(=O)CN(C)C(=O)c1cn2c(NC(=O)CC34CC5CC5C5(CC5C3)C4)cccc2n1. The van der Waals surface area contributed by atoms with Crippen LogP contribution in [0.5, 0.6) is 0 Å². The van der Waals surface area contributed by atoms with Crippen LogP contribution in [0.25, 0.3) is 5.65 Å². The van der Waals surface area contributed by atoms with Gasteiger partial charge in [0, 0.05) is 19.7 Å². The topological polar surface area (TPSA) is 93.0 Å². The van der Waals surface area contributed by atoms with Gasteiger partial charge in [-0.15, -0.1) is 0 Å². The zero-order chi connectivity index (χ0) is 23.0. The van der Waals surface area contributed by atoms with E-state index < -0.39 is 5.97 Å². The molecule has 0 aliphatic heterocycles. The van der Waals surface area contributed by atoms with Gasteiger partial charge < -0.3 is 15.0 Å². The molecule has 4 fully saturated rings. The quantitative estimate of drug-likeness (QED) is 0.655. The minimum absolute atomic E-state index is 0.0408. The highest BCUT2D eigenvalue weighted by Gasteiger charge is 2.76. The molecule has 4 aliphatic carbocycles. The van der Waals surface area contributed by atoms with E-state index in [4.69, 9.17) is 4.74 Å². The predicted octanol–water partition coefficient (Wildman–Crippen LogP) is 3.12. The van der Waals surface area contributed by atoms with Gasteiger partial charge in [0.15, 0.2) is 0 Å². The van der Waals surface area contributed by atoms with E-state index >= 15 is 0 Å². The van der Waals surface area contributed by atoms with Crippen molar-refractivity contribution in [2.24, 2.45) is 28.6 Å². The molecule has 8 heteroatoms. The van der Waals surface area contributed by atoms with Crippen LogP contribution in [0.4, 0.5) is 5.82 Å². The molecule has 2 aromatic heterocycles. The summed E-state index contributed by atoms with van der Waals surface area (Å²) in [4.78, 5) is 43.3. The number of hydrogen-bond acceptors (Lipinski definition) is 5. The highest BCUT2D eigenvalue weighted by Crippen LogP contribution is 2.84. The molecule has 2 bridgehead atoms. The van der Waals surface area contributed by atoms with Crippen LogP contribution < -0.4 is 5.32 Å². The van der Waals surface area contributed by atoms with Crippen LogP contribution in [-0.2, 0) is 14.3 Å². The van der Waals surface area contributed by atoms with E-state index in [1.807, 2.05) is 12.1 Å². The van der Waals surface area contributed by atoms with Gasteiger partial charge in [-0.05, 0) is 79.7 Å². The van der Waals surface area contributed by atoms with Gasteiger partial charge in [-0.1, -0.05) is 6.07 Å². The van der Waals surface area contributed by atoms with E-state index in [1.54, 1.807) is 30.6 Å². The van der Waals surface area contributed by atoms with E-state index in [-0.39, 0.29) is 36.1 Å². The zero-order valence-electron chi connectivity index (χ0n) is 19.2. The number of esters is 1. The van der Waals surface area contributed by atoms with Gasteiger partial charge in [-0.2, -0.15) is 0 Å². The van der Waals surface area contributed by atoms with E-state index in [2.05, 4.69) is 10.3 Å². The summed E-state index contributed by atoms with van der Waals surface area (Å²) in [6.07, 6.45) is 8.64. The van der Waals surface area contributed by atoms with Crippen LogP contribution in [0.1, 0.15) is 55.9 Å². The molecule has 2 aromatic rings. The number of fused-ring (bicyclic) bond motifs is 3. The first-order valence-corrected chi connectivity index (χ1v) is 12.0. The lowest BCUT2D eigenvalue weighted by molar-refractivity contribution is -0.143. The Morgan fingerprint density at radius 2 is 2.12 bits per heavy atom. The maximum Gasteiger partial charge on any atom is 0.325 e. The summed E-state index contributed by atoms with van der Waals surface area (Å²) in [5, 5.41) is 3.08. The average molecular weight is 451 g/mol. The average Bonchev–Trinajstić information content (AvgIpc) is 3.58. The normalized spacial score (nSPS) is 32.6. The van der Waals surface area contributed by atoms with Crippen molar-refractivity contribution in [1.82, 2.24) is 14.3 Å². The lowest BCUT2D eigenvalue weighted by atomic mass is 9.69. The Balaban J connectivity index is 1.16.